The van der Waals surface area contributed by atoms with Gasteiger partial charge in [0.25, 0.3) is 0 Å². The predicted molar refractivity (Wildman–Crippen MR) is 68.7 cm³/mol. The zero-order valence-electron chi connectivity index (χ0n) is 9.65. The summed E-state index contributed by atoms with van der Waals surface area (Å²) in [7, 11) is 3.75. The van der Waals surface area contributed by atoms with Crippen molar-refractivity contribution in [3.8, 4) is 0 Å². The van der Waals surface area contributed by atoms with Crippen molar-refractivity contribution < 1.29 is 0 Å². The molecule has 0 saturated heterocycles. The normalized spacial score (nSPS) is 18.2. The van der Waals surface area contributed by atoms with Crippen LogP contribution in [0.4, 0.5) is 0 Å². The molecule has 0 aromatic heterocycles. The average Bonchev–Trinajstić information content (AvgIpc) is 1.99. The van der Waals surface area contributed by atoms with Gasteiger partial charge in [-0.05, 0) is 52.8 Å². The highest BCUT2D eigenvalue weighted by Crippen LogP contribution is 2.07. The molecule has 88 valence electrons. The first-order valence-corrected chi connectivity index (χ1v) is 4.69. The molecule has 0 heterocycles. The summed E-state index contributed by atoms with van der Waals surface area (Å²) in [6, 6.07) is 0.150. The van der Waals surface area contributed by atoms with Crippen LogP contribution < -0.4 is 21.7 Å². The summed E-state index contributed by atoms with van der Waals surface area (Å²) >= 11 is 0. The predicted octanol–water partition coefficient (Wildman–Crippen LogP) is -1.64. The minimum Gasteiger partial charge on any atom is -0.313 e. The Morgan fingerprint density at radius 3 is 1.79 bits per heavy atom. The molecule has 0 rings (SSSR count). The Morgan fingerprint density at radius 1 is 1.14 bits per heavy atom. The van der Waals surface area contributed by atoms with E-state index in [1.165, 1.54) is 0 Å². The maximum atomic E-state index is 6.15. The van der Waals surface area contributed by atoms with Gasteiger partial charge in [0.1, 0.15) is 5.79 Å². The lowest BCUT2D eigenvalue weighted by atomic mass is 10.0. The van der Waals surface area contributed by atoms with Crippen LogP contribution in [-0.2, 0) is 0 Å². The molecule has 0 saturated carbocycles. The van der Waals surface area contributed by atoms with Crippen LogP contribution in [0.5, 0.6) is 0 Å². The van der Waals surface area contributed by atoms with Crippen molar-refractivity contribution in [3.63, 3.8) is 0 Å². The molecule has 5 heteroatoms. The Balaban J connectivity index is 0. The topological polar surface area (TPSA) is 62.1 Å². The van der Waals surface area contributed by atoms with Gasteiger partial charge in [-0.15, -0.1) is 0 Å². The van der Waals surface area contributed by atoms with Crippen LogP contribution in [0.25, 0.3) is 0 Å². The fourth-order valence-corrected chi connectivity index (χ4v) is 1.24. The van der Waals surface area contributed by atoms with Crippen molar-refractivity contribution in [3.05, 3.63) is 0 Å². The van der Waals surface area contributed by atoms with Gasteiger partial charge in [-0.25, -0.2) is 0 Å². The third-order valence-corrected chi connectivity index (χ3v) is 2.11. The lowest BCUT2D eigenvalue weighted by Gasteiger charge is -2.41. The number of nitrogens with two attached hydrogens (primary N) is 1. The molecule has 0 bridgehead atoms. The van der Waals surface area contributed by atoms with Gasteiger partial charge in [-0.1, -0.05) is 0 Å². The highest BCUT2D eigenvalue weighted by molar-refractivity contribution is 5.75. The van der Waals surface area contributed by atoms with Gasteiger partial charge in [0.15, 0.2) is 0 Å². The summed E-state index contributed by atoms with van der Waals surface area (Å²) in [5, 5.41) is 9.56. The third kappa shape index (κ3) is 5.07. The lowest BCUT2D eigenvalue weighted by molar-refractivity contribution is 0.167. The highest BCUT2D eigenvalue weighted by atomic mass is 28.1. The first-order chi connectivity index (χ1) is 5.75. The van der Waals surface area contributed by atoms with Crippen LogP contribution >= 0.6 is 0 Å². The fraction of sp³-hybridized carbons (Fsp3) is 1.00. The Bertz CT molecular complexity index is 157. The molecule has 0 aliphatic heterocycles. The second kappa shape index (κ2) is 5.82. The molecule has 0 amide bonds. The first-order valence-electron chi connectivity index (χ1n) is 4.69. The van der Waals surface area contributed by atoms with E-state index in [4.69, 9.17) is 5.73 Å². The molecule has 2 atom stereocenters. The summed E-state index contributed by atoms with van der Waals surface area (Å²) in [4.78, 5) is 0. The Kier molecular flexibility index (Phi) is 6.85. The number of hydrogen-bond donors (Lipinski definition) is 4. The monoisotopic (exact) mass is 220 g/mol. The second-order valence-electron chi connectivity index (χ2n) is 4.50. The third-order valence-electron chi connectivity index (χ3n) is 2.11. The molecule has 4 nitrogen and oxygen atoms in total. The van der Waals surface area contributed by atoms with Gasteiger partial charge >= 0.3 is 0 Å². The van der Waals surface area contributed by atoms with E-state index in [0.29, 0.717) is 0 Å². The van der Waals surface area contributed by atoms with Crippen molar-refractivity contribution in [1.82, 2.24) is 16.0 Å². The molecule has 0 aromatic rings. The maximum Gasteiger partial charge on any atom is 0.136 e. The van der Waals surface area contributed by atoms with E-state index in [1.54, 1.807) is 0 Å². The minimum atomic E-state index is -0.576. The van der Waals surface area contributed by atoms with Gasteiger partial charge in [0, 0.05) is 11.6 Å². The van der Waals surface area contributed by atoms with Crippen LogP contribution in [-0.4, -0.2) is 42.4 Å². The van der Waals surface area contributed by atoms with Gasteiger partial charge < -0.3 is 5.32 Å². The highest BCUT2D eigenvalue weighted by Gasteiger charge is 2.32. The van der Waals surface area contributed by atoms with E-state index >= 15 is 0 Å². The van der Waals surface area contributed by atoms with E-state index in [0.717, 1.165) is 0 Å². The molecule has 0 aliphatic carbocycles. The summed E-state index contributed by atoms with van der Waals surface area (Å²) in [6.07, 6.45) is 0. The first kappa shape index (κ1) is 16.5. The van der Waals surface area contributed by atoms with E-state index < -0.39 is 5.79 Å². The van der Waals surface area contributed by atoms with E-state index in [9.17, 15) is 0 Å². The zero-order valence-corrected chi connectivity index (χ0v) is 9.65. The van der Waals surface area contributed by atoms with E-state index in [2.05, 4.69) is 36.7 Å². The summed E-state index contributed by atoms with van der Waals surface area (Å²) in [5.74, 6) is -0.576. The smallest absolute Gasteiger partial charge is 0.136 e. The SMILES string of the molecule is CNC(C)C(N)(NC)NC(C)(C)C.[SiH4]. The zero-order chi connectivity index (χ0) is 10.7. The quantitative estimate of drug-likeness (QED) is 0.339. The minimum absolute atomic E-state index is 0. The molecule has 0 fully saturated rings. The van der Waals surface area contributed by atoms with Crippen LogP contribution in [0.3, 0.4) is 0 Å². The Labute approximate surface area is 92.4 Å². The largest absolute Gasteiger partial charge is 0.313 e. The summed E-state index contributed by atoms with van der Waals surface area (Å²) in [6.45, 7) is 8.31. The molecule has 5 N–H and O–H groups in total. The standard InChI is InChI=1S/C9H24N4.H4Si/c1-7(11-5)9(10,12-6)13-8(2,3)4;/h7,11-13H,10H2,1-6H3;1H4. The van der Waals surface area contributed by atoms with Gasteiger partial charge in [0.05, 0.1) is 0 Å². The van der Waals surface area contributed by atoms with Crippen LogP contribution in [0.15, 0.2) is 0 Å². The molecular weight excluding hydrogens is 192 g/mol. The second-order valence-corrected chi connectivity index (χ2v) is 4.50. The average molecular weight is 220 g/mol. The van der Waals surface area contributed by atoms with Crippen molar-refractivity contribution in [2.24, 2.45) is 5.73 Å². The molecular formula is C9H28N4Si. The number of nitrogens with one attached hydrogen (secondary N) is 3. The number of rotatable bonds is 4. The van der Waals surface area contributed by atoms with Crippen LogP contribution in [0, 0.1) is 0 Å². The van der Waals surface area contributed by atoms with Crippen molar-refractivity contribution >= 4 is 11.0 Å². The molecule has 0 radical (unpaired) electrons. The van der Waals surface area contributed by atoms with Crippen molar-refractivity contribution in [2.75, 3.05) is 14.1 Å². The van der Waals surface area contributed by atoms with E-state index in [1.807, 2.05) is 21.0 Å². The lowest BCUT2D eigenvalue weighted by Crippen LogP contribution is -2.75. The summed E-state index contributed by atoms with van der Waals surface area (Å²) < 4.78 is 0. The van der Waals surface area contributed by atoms with Gasteiger partial charge in [0.2, 0.25) is 0 Å². The Morgan fingerprint density at radius 2 is 1.57 bits per heavy atom. The van der Waals surface area contributed by atoms with Gasteiger partial charge in [-0.2, -0.15) is 0 Å². The molecule has 14 heavy (non-hydrogen) atoms. The van der Waals surface area contributed by atoms with Crippen molar-refractivity contribution in [2.45, 2.75) is 45.1 Å². The van der Waals surface area contributed by atoms with Crippen LogP contribution in [0.1, 0.15) is 27.7 Å². The number of likely N-dealkylation sites (N-methyl/N-ethyl adjacent to an activating group) is 2. The van der Waals surface area contributed by atoms with E-state index in [-0.39, 0.29) is 22.5 Å². The molecule has 0 aromatic carbocycles. The molecule has 2 unspecified atom stereocenters. The maximum absolute atomic E-state index is 6.15. The fourth-order valence-electron chi connectivity index (χ4n) is 1.24. The molecule has 0 aliphatic rings. The molecule has 0 spiro atoms. The van der Waals surface area contributed by atoms with Crippen LogP contribution in [0.2, 0.25) is 0 Å². The number of hydrogen-bond acceptors (Lipinski definition) is 4. The van der Waals surface area contributed by atoms with Crippen molar-refractivity contribution in [1.29, 1.82) is 0 Å². The summed E-state index contributed by atoms with van der Waals surface area (Å²) in [5.41, 5.74) is 6.14. The Hall–Kier alpha value is 0.0569. The van der Waals surface area contributed by atoms with Gasteiger partial charge in [-0.3, -0.25) is 16.4 Å².